The molecule has 2 saturated heterocycles. The molecule has 6 nitrogen and oxygen atoms in total. The van der Waals surface area contributed by atoms with Gasteiger partial charge in [-0.3, -0.25) is 0 Å². The maximum Gasteiger partial charge on any atom is 0.573 e. The summed E-state index contributed by atoms with van der Waals surface area (Å²) in [6, 6.07) is 21.8. The van der Waals surface area contributed by atoms with Crippen molar-refractivity contribution in [1.82, 2.24) is 10.6 Å². The molecule has 10 heteroatoms. The molecule has 2 bridgehead atoms. The van der Waals surface area contributed by atoms with E-state index in [9.17, 15) is 21.6 Å². The highest BCUT2D eigenvalue weighted by Crippen LogP contribution is 2.47. The summed E-state index contributed by atoms with van der Waals surface area (Å²) in [5, 5.41) is 6.55. The molecule has 0 spiro atoms. The first-order valence-corrected chi connectivity index (χ1v) is 14.0. The molecule has 2 fully saturated rings. The van der Waals surface area contributed by atoms with Crippen molar-refractivity contribution in [3.05, 3.63) is 90.0 Å². The zero-order valence-electron chi connectivity index (χ0n) is 20.7. The second-order valence-electron chi connectivity index (χ2n) is 9.72. The molecular formula is C28H29F3N2O4S. The summed E-state index contributed by atoms with van der Waals surface area (Å²) in [5.74, 6) is 0.1000. The van der Waals surface area contributed by atoms with E-state index in [-0.39, 0.29) is 24.4 Å². The Kier molecular flexibility index (Phi) is 7.15. The van der Waals surface area contributed by atoms with Gasteiger partial charge in [0.2, 0.25) is 0 Å². The average Bonchev–Trinajstić information content (AvgIpc) is 3.23. The van der Waals surface area contributed by atoms with E-state index in [2.05, 4.69) is 15.4 Å². The fourth-order valence-corrected chi connectivity index (χ4v) is 7.89. The molecule has 0 aromatic heterocycles. The summed E-state index contributed by atoms with van der Waals surface area (Å²) < 4.78 is 75.3. The largest absolute Gasteiger partial charge is 0.573 e. The fourth-order valence-electron chi connectivity index (χ4n) is 5.88. The summed E-state index contributed by atoms with van der Waals surface area (Å²) >= 11 is 0. The maximum atomic E-state index is 13.7. The first-order valence-electron chi connectivity index (χ1n) is 12.4. The fraction of sp³-hybridized carbons (Fsp3) is 0.357. The van der Waals surface area contributed by atoms with Crippen molar-refractivity contribution < 1.29 is 31.1 Å². The summed E-state index contributed by atoms with van der Waals surface area (Å²) in [4.78, 5) is 0.304. The summed E-state index contributed by atoms with van der Waals surface area (Å²) in [6.45, 7) is 0.208. The molecule has 2 aliphatic heterocycles. The molecule has 0 saturated carbocycles. The number of piperidine rings is 1. The zero-order valence-corrected chi connectivity index (χ0v) is 21.6. The normalized spacial score (nSPS) is 25.2. The second-order valence-corrected chi connectivity index (χ2v) is 11.9. The minimum Gasteiger partial charge on any atom is -0.496 e. The van der Waals surface area contributed by atoms with Crippen LogP contribution in [0.4, 0.5) is 13.2 Å². The third kappa shape index (κ3) is 5.12. The van der Waals surface area contributed by atoms with E-state index < -0.39 is 27.0 Å². The van der Waals surface area contributed by atoms with E-state index in [1.807, 2.05) is 30.3 Å². The molecule has 2 heterocycles. The van der Waals surface area contributed by atoms with Gasteiger partial charge in [-0.15, -0.1) is 13.2 Å². The van der Waals surface area contributed by atoms with Crippen molar-refractivity contribution in [3.8, 4) is 11.5 Å². The molecule has 4 atom stereocenters. The molecule has 0 radical (unpaired) electrons. The van der Waals surface area contributed by atoms with Gasteiger partial charge in [-0.25, -0.2) is 8.42 Å². The SMILES string of the molecule is COc1ccc(OC(F)(F)F)cc1CNC1CCC2NC1(c1ccccc1)CC2S(=O)(=O)c1ccccc1. The van der Waals surface area contributed by atoms with Gasteiger partial charge in [0.05, 0.1) is 22.8 Å². The number of methoxy groups -OCH3 is 1. The van der Waals surface area contributed by atoms with Gasteiger partial charge < -0.3 is 20.1 Å². The first kappa shape index (κ1) is 26.5. The lowest BCUT2D eigenvalue weighted by Gasteiger charge is -2.43. The molecule has 2 aliphatic rings. The molecule has 3 aromatic rings. The van der Waals surface area contributed by atoms with Gasteiger partial charge in [-0.1, -0.05) is 48.5 Å². The van der Waals surface area contributed by atoms with Crippen LogP contribution in [-0.2, 0) is 21.9 Å². The number of rotatable bonds is 8. The molecule has 0 aliphatic carbocycles. The van der Waals surface area contributed by atoms with Gasteiger partial charge in [0.25, 0.3) is 0 Å². The molecule has 4 unspecified atom stereocenters. The van der Waals surface area contributed by atoms with Gasteiger partial charge in [-0.05, 0) is 55.2 Å². The highest BCUT2D eigenvalue weighted by Gasteiger charge is 2.57. The van der Waals surface area contributed by atoms with E-state index in [1.165, 1.54) is 25.3 Å². The number of alkyl halides is 3. The monoisotopic (exact) mass is 546 g/mol. The molecule has 5 rings (SSSR count). The summed E-state index contributed by atoms with van der Waals surface area (Å²) in [6.07, 6.45) is -3.11. The maximum absolute atomic E-state index is 13.7. The van der Waals surface area contributed by atoms with E-state index in [0.29, 0.717) is 35.5 Å². The topological polar surface area (TPSA) is 76.7 Å². The van der Waals surface area contributed by atoms with Crippen LogP contribution in [-0.4, -0.2) is 39.2 Å². The van der Waals surface area contributed by atoms with E-state index in [4.69, 9.17) is 4.74 Å². The standard InChI is InChI=1S/C28H29F3N2O4S/c1-36-24-14-12-21(37-28(29,30)31)16-19(24)18-32-26-15-13-23-25(38(34,35)22-10-6-3-7-11-22)17-27(26,33-23)20-8-4-2-5-9-20/h2-12,14,16,23,25-26,32-33H,13,15,17-18H2,1H3. The number of ether oxygens (including phenoxy) is 2. The molecule has 3 aromatic carbocycles. The van der Waals surface area contributed by atoms with Gasteiger partial charge in [0, 0.05) is 24.2 Å². The van der Waals surface area contributed by atoms with Crippen LogP contribution in [0.25, 0.3) is 0 Å². The summed E-state index contributed by atoms with van der Waals surface area (Å²) in [5.41, 5.74) is 0.796. The first-order chi connectivity index (χ1) is 18.1. The Morgan fingerprint density at radius 1 is 1.00 bits per heavy atom. The Balaban J connectivity index is 1.45. The van der Waals surface area contributed by atoms with Crippen LogP contribution in [0.2, 0.25) is 0 Å². The molecule has 0 amide bonds. The van der Waals surface area contributed by atoms with Crippen LogP contribution < -0.4 is 20.1 Å². The lowest BCUT2D eigenvalue weighted by molar-refractivity contribution is -0.274. The molecule has 2 N–H and O–H groups in total. The van der Waals surface area contributed by atoms with Crippen LogP contribution in [0.3, 0.4) is 0 Å². The predicted molar refractivity (Wildman–Crippen MR) is 137 cm³/mol. The van der Waals surface area contributed by atoms with E-state index in [0.717, 1.165) is 5.56 Å². The third-order valence-electron chi connectivity index (χ3n) is 7.56. The van der Waals surface area contributed by atoms with Crippen molar-refractivity contribution in [2.24, 2.45) is 0 Å². The number of halogens is 3. The Hall–Kier alpha value is -3.08. The Morgan fingerprint density at radius 2 is 1.68 bits per heavy atom. The molecule has 38 heavy (non-hydrogen) atoms. The average molecular weight is 547 g/mol. The van der Waals surface area contributed by atoms with Crippen LogP contribution in [0.5, 0.6) is 11.5 Å². The lowest BCUT2D eigenvalue weighted by Crippen LogP contribution is -2.58. The smallest absolute Gasteiger partial charge is 0.496 e. The predicted octanol–water partition coefficient (Wildman–Crippen LogP) is 4.95. The Morgan fingerprint density at radius 3 is 2.34 bits per heavy atom. The number of sulfone groups is 1. The number of benzene rings is 3. The summed E-state index contributed by atoms with van der Waals surface area (Å²) in [7, 11) is -2.14. The van der Waals surface area contributed by atoms with Crippen LogP contribution >= 0.6 is 0 Å². The minimum absolute atomic E-state index is 0.186. The highest BCUT2D eigenvalue weighted by atomic mass is 32.2. The number of fused-ring (bicyclic) bond motifs is 2. The number of hydrogen-bond acceptors (Lipinski definition) is 6. The molecule has 202 valence electrons. The van der Waals surface area contributed by atoms with Crippen molar-refractivity contribution in [2.45, 2.75) is 59.9 Å². The van der Waals surface area contributed by atoms with Gasteiger partial charge in [-0.2, -0.15) is 0 Å². The highest BCUT2D eigenvalue weighted by molar-refractivity contribution is 7.92. The van der Waals surface area contributed by atoms with Crippen LogP contribution in [0.1, 0.15) is 30.4 Å². The van der Waals surface area contributed by atoms with Crippen molar-refractivity contribution in [1.29, 1.82) is 0 Å². The number of nitrogens with one attached hydrogen (secondary N) is 2. The van der Waals surface area contributed by atoms with Crippen LogP contribution in [0.15, 0.2) is 83.8 Å². The van der Waals surface area contributed by atoms with Crippen LogP contribution in [0, 0.1) is 0 Å². The van der Waals surface area contributed by atoms with Gasteiger partial charge in [0.1, 0.15) is 11.5 Å². The quantitative estimate of drug-likeness (QED) is 0.417. The van der Waals surface area contributed by atoms with Gasteiger partial charge in [0.15, 0.2) is 9.84 Å². The minimum atomic E-state index is -4.80. The third-order valence-corrected chi connectivity index (χ3v) is 9.78. The van der Waals surface area contributed by atoms with Crippen molar-refractivity contribution >= 4 is 9.84 Å². The number of hydrogen-bond donors (Lipinski definition) is 2. The second kappa shape index (κ2) is 10.2. The Labute approximate surface area is 220 Å². The Bertz CT molecular complexity index is 1370. The molecular weight excluding hydrogens is 517 g/mol. The van der Waals surface area contributed by atoms with E-state index in [1.54, 1.807) is 30.3 Å². The zero-order chi connectivity index (χ0) is 27.0. The lowest BCUT2D eigenvalue weighted by atomic mass is 9.79. The van der Waals surface area contributed by atoms with E-state index >= 15 is 0 Å². The van der Waals surface area contributed by atoms with Crippen molar-refractivity contribution in [3.63, 3.8) is 0 Å². The van der Waals surface area contributed by atoms with Gasteiger partial charge >= 0.3 is 6.36 Å². The van der Waals surface area contributed by atoms with Crippen molar-refractivity contribution in [2.75, 3.05) is 7.11 Å².